The van der Waals surface area contributed by atoms with Crippen molar-refractivity contribution in [3.63, 3.8) is 0 Å². The van der Waals surface area contributed by atoms with Gasteiger partial charge >= 0.3 is 14.0 Å². The Hall–Kier alpha value is -1.45. The van der Waals surface area contributed by atoms with Gasteiger partial charge in [-0.2, -0.15) is 0 Å². The number of hydrogen-bond acceptors (Lipinski definition) is 3. The minimum Gasteiger partial charge on any atom is -0.540 e. The zero-order chi connectivity index (χ0) is 15.0. The second kappa shape index (κ2) is 4.91. The summed E-state index contributed by atoms with van der Waals surface area (Å²) in [6.07, 6.45) is 0. The molecule has 0 heterocycles. The summed E-state index contributed by atoms with van der Waals surface area (Å²) in [5.41, 5.74) is 1.67. The number of hydrogen-bond donors (Lipinski definition) is 1. The summed E-state index contributed by atoms with van der Waals surface area (Å²) >= 11 is 0. The largest absolute Gasteiger partial charge is 0.540 e. The molecule has 0 spiro atoms. The molecule has 0 amide bonds. The van der Waals surface area contributed by atoms with Crippen molar-refractivity contribution >= 4 is 14.0 Å². The van der Waals surface area contributed by atoms with Gasteiger partial charge in [0.15, 0.2) is 0 Å². The molecule has 0 saturated carbocycles. The monoisotopic (exact) mass is 262 g/mol. The molecule has 0 atom stereocenters. The Morgan fingerprint density at radius 3 is 2.00 bits per heavy atom. The van der Waals surface area contributed by atoms with E-state index >= 15 is 0 Å². The lowest BCUT2D eigenvalue weighted by atomic mass is 9.79. The maximum absolute atomic E-state index is 11.8. The van der Waals surface area contributed by atoms with Crippen molar-refractivity contribution in [2.24, 2.45) is 0 Å². The number of aromatic hydroxyl groups is 1. The quantitative estimate of drug-likeness (QED) is 0.791. The van der Waals surface area contributed by atoms with Crippen molar-refractivity contribution in [1.29, 1.82) is 0 Å². The van der Waals surface area contributed by atoms with Gasteiger partial charge in [0.1, 0.15) is 11.3 Å². The van der Waals surface area contributed by atoms with Crippen LogP contribution in [0.25, 0.3) is 0 Å². The van der Waals surface area contributed by atoms with E-state index in [-0.39, 0.29) is 22.1 Å². The molecule has 0 radical (unpaired) electrons. The van der Waals surface area contributed by atoms with E-state index < -0.39 is 5.97 Å². The molecule has 0 aliphatic rings. The maximum Gasteiger partial charge on any atom is 0.326 e. The molecule has 0 saturated heterocycles. The average Bonchev–Trinajstić information content (AvgIpc) is 2.25. The van der Waals surface area contributed by atoms with Crippen LogP contribution in [-0.4, -0.2) is 19.1 Å². The number of phenols is 1. The summed E-state index contributed by atoms with van der Waals surface area (Å²) < 4.78 is 4.75. The molecule has 1 rings (SSSR count). The van der Waals surface area contributed by atoms with Crippen LogP contribution < -0.4 is 0 Å². The molecule has 0 aromatic heterocycles. The predicted octanol–water partition coefficient (Wildman–Crippen LogP) is 2.69. The molecule has 3 nitrogen and oxygen atoms in total. The van der Waals surface area contributed by atoms with Gasteiger partial charge in [0.25, 0.3) is 0 Å². The second-order valence-corrected chi connectivity index (χ2v) is 6.91. The number of rotatable bonds is 1. The van der Waals surface area contributed by atoms with Gasteiger partial charge in [-0.3, -0.25) is 0 Å². The van der Waals surface area contributed by atoms with Crippen molar-refractivity contribution in [3.05, 3.63) is 28.8 Å². The molecular formula is C15H23BO3. The first-order valence-corrected chi connectivity index (χ1v) is 6.44. The third kappa shape index (κ3) is 3.31. The predicted molar refractivity (Wildman–Crippen MR) is 79.5 cm³/mol. The van der Waals surface area contributed by atoms with Crippen LogP contribution >= 0.6 is 0 Å². The summed E-state index contributed by atoms with van der Waals surface area (Å²) in [7, 11) is 1.32. The molecule has 0 fully saturated rings. The van der Waals surface area contributed by atoms with Crippen LogP contribution in [-0.2, 0) is 15.5 Å². The topological polar surface area (TPSA) is 46.5 Å². The molecule has 19 heavy (non-hydrogen) atoms. The fraction of sp³-hybridized carbons (Fsp3) is 0.533. The summed E-state index contributed by atoms with van der Waals surface area (Å²) in [5.74, 6) is -0.485. The Morgan fingerprint density at radius 1 is 1.11 bits per heavy atom. The van der Waals surface area contributed by atoms with Crippen LogP contribution in [0.2, 0.25) is 0 Å². The third-order valence-electron chi connectivity index (χ3n) is 3.19. The highest BCUT2D eigenvalue weighted by Gasteiger charge is 2.27. The fourth-order valence-corrected chi connectivity index (χ4v) is 1.90. The standard InChI is InChI=1S/C15H23BO3/c1-14(2,3)9-7-10(13(18)19-16)12(17)11(8-9)15(4,5)6/h7-8,17H,16H2,1-6H3. The van der Waals surface area contributed by atoms with E-state index in [1.165, 1.54) is 8.05 Å². The number of carbonyl (C=O) groups is 1. The summed E-state index contributed by atoms with van der Waals surface area (Å²) in [6, 6.07) is 3.69. The van der Waals surface area contributed by atoms with Crippen molar-refractivity contribution in [2.75, 3.05) is 0 Å². The van der Waals surface area contributed by atoms with E-state index in [0.29, 0.717) is 0 Å². The highest BCUT2D eigenvalue weighted by atomic mass is 16.5. The van der Waals surface area contributed by atoms with Crippen LogP contribution in [0.5, 0.6) is 5.75 Å². The highest BCUT2D eigenvalue weighted by Crippen LogP contribution is 2.37. The molecule has 0 aliphatic heterocycles. The highest BCUT2D eigenvalue weighted by molar-refractivity contribution is 6.10. The number of carbonyl (C=O) groups excluding carboxylic acids is 1. The first kappa shape index (κ1) is 15.6. The normalized spacial score (nSPS) is 12.3. The lowest BCUT2D eigenvalue weighted by Crippen LogP contribution is -2.19. The van der Waals surface area contributed by atoms with Crippen LogP contribution in [0.1, 0.15) is 63.0 Å². The SMILES string of the molecule is BOC(=O)c1cc(C(C)(C)C)cc(C(C)(C)C)c1O. The fourth-order valence-electron chi connectivity index (χ4n) is 1.90. The Bertz CT molecular complexity index is 493. The van der Waals surface area contributed by atoms with E-state index in [1.807, 2.05) is 26.8 Å². The van der Waals surface area contributed by atoms with Gasteiger partial charge in [-0.25, -0.2) is 4.79 Å². The smallest absolute Gasteiger partial charge is 0.326 e. The Morgan fingerprint density at radius 2 is 1.63 bits per heavy atom. The zero-order valence-corrected chi connectivity index (χ0v) is 12.9. The first-order chi connectivity index (χ1) is 8.48. The molecule has 104 valence electrons. The maximum atomic E-state index is 11.8. The molecule has 0 unspecified atom stereocenters. The van der Waals surface area contributed by atoms with Gasteiger partial charge in [-0.15, -0.1) is 0 Å². The molecule has 0 bridgehead atoms. The summed E-state index contributed by atoms with van der Waals surface area (Å²) in [6.45, 7) is 12.3. The van der Waals surface area contributed by atoms with E-state index in [0.717, 1.165) is 11.1 Å². The molecule has 4 heteroatoms. The van der Waals surface area contributed by atoms with E-state index in [2.05, 4.69) is 20.8 Å². The van der Waals surface area contributed by atoms with E-state index in [1.54, 1.807) is 6.07 Å². The molecule has 1 N–H and O–H groups in total. The summed E-state index contributed by atoms with van der Waals surface area (Å²) in [5, 5.41) is 10.3. The lowest BCUT2D eigenvalue weighted by molar-refractivity contribution is 0.0746. The molecule has 1 aromatic carbocycles. The molecule has 0 aliphatic carbocycles. The Kier molecular flexibility index (Phi) is 4.04. The number of benzene rings is 1. The van der Waals surface area contributed by atoms with E-state index in [4.69, 9.17) is 4.65 Å². The van der Waals surface area contributed by atoms with Gasteiger partial charge in [-0.1, -0.05) is 47.6 Å². The average molecular weight is 262 g/mol. The minimum atomic E-state index is -0.505. The summed E-state index contributed by atoms with van der Waals surface area (Å²) in [4.78, 5) is 11.8. The van der Waals surface area contributed by atoms with Crippen LogP contribution in [0.4, 0.5) is 0 Å². The molecule has 1 aromatic rings. The first-order valence-electron chi connectivity index (χ1n) is 6.44. The van der Waals surface area contributed by atoms with Gasteiger partial charge in [0.05, 0.1) is 0 Å². The van der Waals surface area contributed by atoms with Gasteiger partial charge in [0, 0.05) is 5.56 Å². The number of phenolic OH excluding ortho intramolecular Hbond substituents is 1. The van der Waals surface area contributed by atoms with Crippen LogP contribution in [0.15, 0.2) is 12.1 Å². The van der Waals surface area contributed by atoms with Crippen molar-refractivity contribution in [1.82, 2.24) is 0 Å². The van der Waals surface area contributed by atoms with Crippen LogP contribution in [0, 0.1) is 0 Å². The van der Waals surface area contributed by atoms with Crippen molar-refractivity contribution in [2.45, 2.75) is 52.4 Å². The lowest BCUT2D eigenvalue weighted by Gasteiger charge is -2.27. The van der Waals surface area contributed by atoms with Crippen molar-refractivity contribution in [3.8, 4) is 5.75 Å². The van der Waals surface area contributed by atoms with Gasteiger partial charge in [0.2, 0.25) is 0 Å². The Balaban J connectivity index is 3.62. The van der Waals surface area contributed by atoms with E-state index in [9.17, 15) is 9.90 Å². The van der Waals surface area contributed by atoms with Crippen molar-refractivity contribution < 1.29 is 14.6 Å². The third-order valence-corrected chi connectivity index (χ3v) is 3.19. The minimum absolute atomic E-state index is 0.0207. The Labute approximate surface area is 116 Å². The zero-order valence-electron chi connectivity index (χ0n) is 12.9. The molecular weight excluding hydrogens is 239 g/mol. The van der Waals surface area contributed by atoms with Gasteiger partial charge in [-0.05, 0) is 22.5 Å². The second-order valence-electron chi connectivity index (χ2n) is 6.91. The van der Waals surface area contributed by atoms with Gasteiger partial charge < -0.3 is 9.76 Å². The van der Waals surface area contributed by atoms with Crippen LogP contribution in [0.3, 0.4) is 0 Å².